The van der Waals surface area contributed by atoms with Gasteiger partial charge in [-0.25, -0.2) is 4.79 Å². The van der Waals surface area contributed by atoms with Gasteiger partial charge in [0.2, 0.25) is 11.8 Å². The first-order valence-corrected chi connectivity index (χ1v) is 12.0. The molecule has 1 atom stereocenters. The molecular weight excluding hydrogens is 428 g/mol. The first kappa shape index (κ1) is 22.5. The van der Waals surface area contributed by atoms with Crippen LogP contribution >= 0.6 is 11.8 Å². The van der Waals surface area contributed by atoms with Gasteiger partial charge in [0.1, 0.15) is 5.03 Å². The van der Waals surface area contributed by atoms with Crippen LogP contribution in [0.1, 0.15) is 43.9 Å². The quantitative estimate of drug-likeness (QED) is 0.491. The number of amides is 2. The van der Waals surface area contributed by atoms with Gasteiger partial charge in [-0.1, -0.05) is 11.8 Å². The van der Waals surface area contributed by atoms with Gasteiger partial charge in [0.05, 0.1) is 18.4 Å². The molecule has 1 saturated heterocycles. The lowest BCUT2D eigenvalue weighted by Gasteiger charge is -2.24. The maximum atomic E-state index is 12.8. The Morgan fingerprint density at radius 3 is 2.53 bits per heavy atom. The van der Waals surface area contributed by atoms with E-state index in [0.29, 0.717) is 22.9 Å². The van der Waals surface area contributed by atoms with E-state index in [4.69, 9.17) is 4.74 Å². The van der Waals surface area contributed by atoms with Crippen LogP contribution in [0.2, 0.25) is 0 Å². The third-order valence-electron chi connectivity index (χ3n) is 5.69. The molecule has 0 spiro atoms. The Morgan fingerprint density at radius 2 is 1.84 bits per heavy atom. The van der Waals surface area contributed by atoms with E-state index in [1.54, 1.807) is 28.8 Å². The molecule has 8 nitrogen and oxygen atoms in total. The highest BCUT2D eigenvalue weighted by atomic mass is 32.2. The summed E-state index contributed by atoms with van der Waals surface area (Å²) in [5.41, 5.74) is 3.23. The molecule has 4 rings (SSSR count). The average molecular weight is 457 g/mol. The summed E-state index contributed by atoms with van der Waals surface area (Å²) in [6.45, 7) is 2.77. The zero-order valence-electron chi connectivity index (χ0n) is 18.2. The van der Waals surface area contributed by atoms with E-state index in [-0.39, 0.29) is 29.4 Å². The van der Waals surface area contributed by atoms with Gasteiger partial charge in [-0.15, -0.1) is 0 Å². The molecule has 0 saturated carbocycles. The van der Waals surface area contributed by atoms with Crippen LogP contribution < -0.4 is 16.3 Å². The number of ether oxygens (including phenoxy) is 1. The normalized spacial score (nSPS) is 17.6. The lowest BCUT2D eigenvalue weighted by Crippen LogP contribution is -2.34. The highest BCUT2D eigenvalue weighted by Crippen LogP contribution is 2.29. The Hall–Kier alpha value is -2.65. The molecule has 0 radical (unpaired) electrons. The number of nitrogens with one attached hydrogen (secondary N) is 2. The Kier molecular flexibility index (Phi) is 7.26. The van der Waals surface area contributed by atoms with Crippen LogP contribution in [0.5, 0.6) is 0 Å². The Bertz CT molecular complexity index is 1050. The minimum absolute atomic E-state index is 0.0850. The summed E-state index contributed by atoms with van der Waals surface area (Å²) in [5.74, 6) is -0.147. The molecule has 2 heterocycles. The summed E-state index contributed by atoms with van der Waals surface area (Å²) in [4.78, 5) is 40.7. The van der Waals surface area contributed by atoms with Crippen LogP contribution in [0.3, 0.4) is 0 Å². The van der Waals surface area contributed by atoms with Crippen molar-refractivity contribution in [2.24, 2.45) is 0 Å². The fraction of sp³-hybridized carbons (Fsp3) is 0.478. The molecule has 32 heavy (non-hydrogen) atoms. The molecule has 1 aromatic carbocycles. The lowest BCUT2D eigenvalue weighted by molar-refractivity contribution is -0.114. The van der Waals surface area contributed by atoms with Gasteiger partial charge in [-0.05, 0) is 62.8 Å². The van der Waals surface area contributed by atoms with E-state index in [1.807, 2.05) is 0 Å². The number of anilines is 2. The van der Waals surface area contributed by atoms with Crippen LogP contribution in [0.15, 0.2) is 34.1 Å². The molecule has 2 N–H and O–H groups in total. The molecule has 2 aliphatic rings. The molecule has 2 amide bonds. The number of rotatable bonds is 7. The van der Waals surface area contributed by atoms with Crippen LogP contribution in [0.4, 0.5) is 11.4 Å². The standard InChI is InChI=1S/C23H28N4O4S/c1-15(28)24-16-8-10-17(11-9-16)25-21(29)14-32-22-19-6-2-3-7-20(19)27(23(30)26-22)13-18-5-4-12-31-18/h8-11,18H,2-7,12-14H2,1H3,(H,24,28)(H,25,29). The second-order valence-corrected chi connectivity index (χ2v) is 9.14. The highest BCUT2D eigenvalue weighted by Gasteiger charge is 2.24. The summed E-state index contributed by atoms with van der Waals surface area (Å²) in [6.07, 6.45) is 5.95. The smallest absolute Gasteiger partial charge is 0.348 e. The topological polar surface area (TPSA) is 102 Å². The van der Waals surface area contributed by atoms with Crippen molar-refractivity contribution in [3.8, 4) is 0 Å². The Balaban J connectivity index is 1.42. The van der Waals surface area contributed by atoms with Gasteiger partial charge >= 0.3 is 5.69 Å². The van der Waals surface area contributed by atoms with Crippen molar-refractivity contribution in [1.29, 1.82) is 0 Å². The van der Waals surface area contributed by atoms with Gasteiger partial charge < -0.3 is 15.4 Å². The van der Waals surface area contributed by atoms with Crippen molar-refractivity contribution < 1.29 is 14.3 Å². The molecule has 170 valence electrons. The number of benzene rings is 1. The van der Waals surface area contributed by atoms with E-state index in [1.165, 1.54) is 18.7 Å². The van der Waals surface area contributed by atoms with Crippen molar-refractivity contribution in [2.45, 2.75) is 63.1 Å². The van der Waals surface area contributed by atoms with Crippen molar-refractivity contribution in [2.75, 3.05) is 23.0 Å². The minimum Gasteiger partial charge on any atom is -0.376 e. The average Bonchev–Trinajstić information content (AvgIpc) is 3.29. The molecule has 1 aliphatic carbocycles. The van der Waals surface area contributed by atoms with Crippen molar-refractivity contribution in [3.63, 3.8) is 0 Å². The molecule has 9 heteroatoms. The number of hydrogen-bond acceptors (Lipinski definition) is 6. The fourth-order valence-corrected chi connectivity index (χ4v) is 5.10. The van der Waals surface area contributed by atoms with Crippen molar-refractivity contribution >= 4 is 35.0 Å². The Labute approximate surface area is 191 Å². The number of nitrogens with zero attached hydrogens (tertiary/aromatic N) is 2. The predicted octanol–water partition coefficient (Wildman–Crippen LogP) is 2.99. The second-order valence-electron chi connectivity index (χ2n) is 8.17. The van der Waals surface area contributed by atoms with Gasteiger partial charge in [0.25, 0.3) is 0 Å². The van der Waals surface area contributed by atoms with E-state index in [9.17, 15) is 14.4 Å². The molecular formula is C23H28N4O4S. The predicted molar refractivity (Wildman–Crippen MR) is 124 cm³/mol. The van der Waals surface area contributed by atoms with Gasteiger partial charge in [0.15, 0.2) is 0 Å². The van der Waals surface area contributed by atoms with Crippen LogP contribution in [-0.4, -0.2) is 39.8 Å². The number of hydrogen-bond donors (Lipinski definition) is 2. The van der Waals surface area contributed by atoms with Crippen LogP contribution in [0.25, 0.3) is 0 Å². The molecule has 1 unspecified atom stereocenters. The third-order valence-corrected chi connectivity index (χ3v) is 6.71. The van der Waals surface area contributed by atoms with Crippen LogP contribution in [-0.2, 0) is 33.7 Å². The lowest BCUT2D eigenvalue weighted by atomic mass is 9.97. The van der Waals surface area contributed by atoms with Crippen molar-refractivity contribution in [1.82, 2.24) is 9.55 Å². The highest BCUT2D eigenvalue weighted by molar-refractivity contribution is 8.00. The number of carbonyl (C=O) groups is 2. The Morgan fingerprint density at radius 1 is 1.12 bits per heavy atom. The number of thioether (sulfide) groups is 1. The van der Waals surface area contributed by atoms with Gasteiger partial charge in [-0.3, -0.25) is 14.2 Å². The minimum atomic E-state index is -0.252. The number of aromatic nitrogens is 2. The fourth-order valence-electron chi connectivity index (χ4n) is 4.22. The van der Waals surface area contributed by atoms with Crippen molar-refractivity contribution in [3.05, 3.63) is 46.0 Å². The van der Waals surface area contributed by atoms with E-state index >= 15 is 0 Å². The number of carbonyl (C=O) groups excluding carboxylic acids is 2. The molecule has 1 aliphatic heterocycles. The zero-order valence-corrected chi connectivity index (χ0v) is 19.0. The molecule has 2 aromatic rings. The first-order chi connectivity index (χ1) is 15.5. The van der Waals surface area contributed by atoms with Gasteiger partial charge in [-0.2, -0.15) is 4.98 Å². The zero-order chi connectivity index (χ0) is 22.5. The molecule has 0 bridgehead atoms. The summed E-state index contributed by atoms with van der Waals surface area (Å²) in [5, 5.41) is 6.21. The third kappa shape index (κ3) is 5.58. The largest absolute Gasteiger partial charge is 0.376 e. The number of fused-ring (bicyclic) bond motifs is 1. The summed E-state index contributed by atoms with van der Waals surface area (Å²) < 4.78 is 7.53. The maximum absolute atomic E-state index is 12.8. The van der Waals surface area contributed by atoms with Gasteiger partial charge in [0, 0.05) is 36.2 Å². The molecule has 1 fully saturated rings. The monoisotopic (exact) mass is 456 g/mol. The summed E-state index contributed by atoms with van der Waals surface area (Å²) in [7, 11) is 0. The first-order valence-electron chi connectivity index (χ1n) is 11.0. The maximum Gasteiger partial charge on any atom is 0.348 e. The van der Waals surface area contributed by atoms with Crippen LogP contribution in [0, 0.1) is 0 Å². The summed E-state index contributed by atoms with van der Waals surface area (Å²) >= 11 is 1.31. The SMILES string of the molecule is CC(=O)Nc1ccc(NC(=O)CSc2nc(=O)n(CC3CCCO3)c3c2CCCC3)cc1. The summed E-state index contributed by atoms with van der Waals surface area (Å²) in [6, 6.07) is 6.94. The molecule has 1 aromatic heterocycles. The van der Waals surface area contributed by atoms with E-state index in [2.05, 4.69) is 15.6 Å². The second kappa shape index (κ2) is 10.3. The van der Waals surface area contributed by atoms with E-state index < -0.39 is 0 Å². The van der Waals surface area contributed by atoms with E-state index in [0.717, 1.165) is 56.4 Å².